The number of likely N-dealkylation sites (tertiary alicyclic amines) is 1. The summed E-state index contributed by atoms with van der Waals surface area (Å²) in [5.74, 6) is 0.734. The van der Waals surface area contributed by atoms with Crippen LogP contribution < -0.4 is 5.32 Å². The predicted molar refractivity (Wildman–Crippen MR) is 90.1 cm³/mol. The minimum Gasteiger partial charge on any atom is -0.341 e. The van der Waals surface area contributed by atoms with E-state index in [1.54, 1.807) is 0 Å². The van der Waals surface area contributed by atoms with Crippen molar-refractivity contribution in [2.75, 3.05) is 19.6 Å². The number of amides is 4. The van der Waals surface area contributed by atoms with Crippen LogP contribution in [-0.2, 0) is 9.59 Å². The first kappa shape index (κ1) is 17.2. The summed E-state index contributed by atoms with van der Waals surface area (Å²) in [5.41, 5.74) is -0.780. The number of carbonyl (C=O) groups is 3. The van der Waals surface area contributed by atoms with Crippen molar-refractivity contribution < 1.29 is 14.4 Å². The largest absolute Gasteiger partial charge is 0.341 e. The zero-order valence-electron chi connectivity index (χ0n) is 15.0. The fourth-order valence-electron chi connectivity index (χ4n) is 4.74. The molecular weight excluding hydrogens is 306 g/mol. The molecule has 0 unspecified atom stereocenters. The van der Waals surface area contributed by atoms with Gasteiger partial charge in [0.25, 0.3) is 5.91 Å². The zero-order valence-corrected chi connectivity index (χ0v) is 15.0. The van der Waals surface area contributed by atoms with Crippen LogP contribution in [0.25, 0.3) is 0 Å². The molecule has 0 radical (unpaired) electrons. The third kappa shape index (κ3) is 2.91. The summed E-state index contributed by atoms with van der Waals surface area (Å²) in [6.45, 7) is 7.61. The Morgan fingerprint density at radius 1 is 1.17 bits per heavy atom. The monoisotopic (exact) mass is 335 g/mol. The van der Waals surface area contributed by atoms with Crippen molar-refractivity contribution in [1.29, 1.82) is 0 Å². The number of nitrogens with zero attached hydrogens (tertiary/aromatic N) is 2. The van der Waals surface area contributed by atoms with Gasteiger partial charge in [0, 0.05) is 13.1 Å². The van der Waals surface area contributed by atoms with Crippen LogP contribution in [-0.4, -0.2) is 52.8 Å². The fourth-order valence-corrected chi connectivity index (χ4v) is 4.74. The lowest BCUT2D eigenvalue weighted by molar-refractivity contribution is -0.141. The van der Waals surface area contributed by atoms with E-state index in [2.05, 4.69) is 19.2 Å². The first-order chi connectivity index (χ1) is 11.3. The van der Waals surface area contributed by atoms with Crippen LogP contribution in [0.4, 0.5) is 4.79 Å². The van der Waals surface area contributed by atoms with Crippen molar-refractivity contribution in [3.8, 4) is 0 Å². The zero-order chi connectivity index (χ0) is 17.5. The lowest BCUT2D eigenvalue weighted by Gasteiger charge is -2.37. The van der Waals surface area contributed by atoms with Gasteiger partial charge in [-0.15, -0.1) is 0 Å². The summed E-state index contributed by atoms with van der Waals surface area (Å²) in [6, 6.07) is -0.403. The molecule has 0 aromatic heterocycles. The maximum absolute atomic E-state index is 12.9. The van der Waals surface area contributed by atoms with E-state index in [9.17, 15) is 14.4 Å². The number of urea groups is 1. The average molecular weight is 335 g/mol. The average Bonchev–Trinajstić information content (AvgIpc) is 2.74. The van der Waals surface area contributed by atoms with Crippen LogP contribution in [0.5, 0.6) is 0 Å². The van der Waals surface area contributed by atoms with Crippen LogP contribution in [0.3, 0.4) is 0 Å². The second-order valence-corrected chi connectivity index (χ2v) is 8.18. The lowest BCUT2D eigenvalue weighted by Crippen LogP contribution is -2.54. The molecule has 134 valence electrons. The third-order valence-electron chi connectivity index (χ3n) is 6.02. The second-order valence-electron chi connectivity index (χ2n) is 8.18. The number of imide groups is 1. The van der Waals surface area contributed by atoms with E-state index >= 15 is 0 Å². The summed E-state index contributed by atoms with van der Waals surface area (Å²) in [4.78, 5) is 40.9. The van der Waals surface area contributed by atoms with Gasteiger partial charge in [-0.2, -0.15) is 0 Å². The van der Waals surface area contributed by atoms with Gasteiger partial charge in [-0.1, -0.05) is 33.6 Å². The Bertz CT molecular complexity index is 540. The molecule has 3 rings (SSSR count). The van der Waals surface area contributed by atoms with E-state index in [1.165, 1.54) is 0 Å². The lowest BCUT2D eigenvalue weighted by atomic mass is 9.73. The highest BCUT2D eigenvalue weighted by Gasteiger charge is 2.55. The highest BCUT2D eigenvalue weighted by atomic mass is 16.2. The van der Waals surface area contributed by atoms with E-state index in [1.807, 2.05) is 11.8 Å². The molecule has 2 heterocycles. The standard InChI is InChI=1S/C18H29N3O3/c1-12-8-13(2)10-20(9-12)15(22)11-21-16(23)18(19-17(21)24)7-5-4-6-14(18)3/h12-14H,4-11H2,1-3H3,(H,19,24)/t12-,13+,14-,18+/m0/s1. The number of hydrogen-bond donors (Lipinski definition) is 1. The molecule has 6 heteroatoms. The van der Waals surface area contributed by atoms with Gasteiger partial charge in [0.2, 0.25) is 5.91 Å². The van der Waals surface area contributed by atoms with Crippen molar-refractivity contribution in [2.24, 2.45) is 17.8 Å². The van der Waals surface area contributed by atoms with Crippen molar-refractivity contribution in [1.82, 2.24) is 15.1 Å². The van der Waals surface area contributed by atoms with Gasteiger partial charge in [0.15, 0.2) is 0 Å². The molecule has 1 N–H and O–H groups in total. The third-order valence-corrected chi connectivity index (χ3v) is 6.02. The van der Waals surface area contributed by atoms with Crippen LogP contribution in [0.1, 0.15) is 52.9 Å². The van der Waals surface area contributed by atoms with Gasteiger partial charge in [0.1, 0.15) is 12.1 Å². The minimum atomic E-state index is -0.780. The number of rotatable bonds is 2. The van der Waals surface area contributed by atoms with Crippen LogP contribution in [0.15, 0.2) is 0 Å². The van der Waals surface area contributed by atoms with E-state index < -0.39 is 11.6 Å². The molecule has 4 amide bonds. The first-order valence-electron chi connectivity index (χ1n) is 9.25. The number of nitrogens with one attached hydrogen (secondary N) is 1. The molecule has 24 heavy (non-hydrogen) atoms. The number of hydrogen-bond acceptors (Lipinski definition) is 3. The van der Waals surface area contributed by atoms with E-state index in [-0.39, 0.29) is 24.3 Å². The highest BCUT2D eigenvalue weighted by molar-refractivity contribution is 6.09. The van der Waals surface area contributed by atoms with Gasteiger partial charge in [-0.3, -0.25) is 14.5 Å². The molecule has 1 aliphatic carbocycles. The Kier molecular flexibility index (Phi) is 4.58. The van der Waals surface area contributed by atoms with Crippen molar-refractivity contribution in [3.63, 3.8) is 0 Å². The Labute approximate surface area is 143 Å². The SMILES string of the molecule is C[C@@H]1C[C@H](C)CN(C(=O)CN2C(=O)N[C@@]3(CCCC[C@@H]3C)C2=O)C1. The molecule has 3 aliphatic rings. The smallest absolute Gasteiger partial charge is 0.325 e. The number of piperidine rings is 1. The summed E-state index contributed by atoms with van der Waals surface area (Å²) in [7, 11) is 0. The molecule has 0 bridgehead atoms. The summed E-state index contributed by atoms with van der Waals surface area (Å²) in [5, 5.41) is 2.91. The van der Waals surface area contributed by atoms with Gasteiger partial charge in [-0.25, -0.2) is 4.79 Å². The van der Waals surface area contributed by atoms with Gasteiger partial charge >= 0.3 is 6.03 Å². The molecule has 4 atom stereocenters. The van der Waals surface area contributed by atoms with Crippen molar-refractivity contribution in [3.05, 3.63) is 0 Å². The van der Waals surface area contributed by atoms with E-state index in [0.29, 0.717) is 31.3 Å². The Balaban J connectivity index is 1.70. The minimum absolute atomic E-state index is 0.114. The highest BCUT2D eigenvalue weighted by Crippen LogP contribution is 2.38. The van der Waals surface area contributed by atoms with Gasteiger partial charge in [-0.05, 0) is 37.0 Å². The van der Waals surface area contributed by atoms with E-state index in [4.69, 9.17) is 0 Å². The molecule has 0 aromatic rings. The molecule has 2 saturated heterocycles. The molecular formula is C18H29N3O3. The Morgan fingerprint density at radius 3 is 2.46 bits per heavy atom. The van der Waals surface area contributed by atoms with Crippen LogP contribution in [0.2, 0.25) is 0 Å². The quantitative estimate of drug-likeness (QED) is 0.785. The Hall–Kier alpha value is -1.59. The fraction of sp³-hybridized carbons (Fsp3) is 0.833. The molecule has 1 spiro atoms. The molecule has 1 saturated carbocycles. The predicted octanol–water partition coefficient (Wildman–Crippen LogP) is 1.99. The summed E-state index contributed by atoms with van der Waals surface area (Å²) in [6.07, 6.45) is 4.78. The summed E-state index contributed by atoms with van der Waals surface area (Å²) >= 11 is 0. The maximum atomic E-state index is 12.9. The van der Waals surface area contributed by atoms with Crippen molar-refractivity contribution in [2.45, 2.75) is 58.4 Å². The van der Waals surface area contributed by atoms with Crippen molar-refractivity contribution >= 4 is 17.8 Å². The molecule has 0 aromatic carbocycles. The molecule has 6 nitrogen and oxygen atoms in total. The van der Waals surface area contributed by atoms with E-state index in [0.717, 1.165) is 30.6 Å². The summed E-state index contributed by atoms with van der Waals surface area (Å²) < 4.78 is 0. The van der Waals surface area contributed by atoms with Crippen LogP contribution >= 0.6 is 0 Å². The van der Waals surface area contributed by atoms with Gasteiger partial charge in [0.05, 0.1) is 0 Å². The Morgan fingerprint density at radius 2 is 1.83 bits per heavy atom. The maximum Gasteiger partial charge on any atom is 0.325 e. The second kappa shape index (κ2) is 6.37. The topological polar surface area (TPSA) is 69.7 Å². The molecule has 3 fully saturated rings. The van der Waals surface area contributed by atoms with Crippen LogP contribution in [0, 0.1) is 17.8 Å². The first-order valence-corrected chi connectivity index (χ1v) is 9.25. The normalized spacial score (nSPS) is 37.0. The van der Waals surface area contributed by atoms with Gasteiger partial charge < -0.3 is 10.2 Å². The number of carbonyl (C=O) groups excluding carboxylic acids is 3. The molecule has 2 aliphatic heterocycles.